The van der Waals surface area contributed by atoms with Gasteiger partial charge in [-0.15, -0.1) is 0 Å². The van der Waals surface area contributed by atoms with Gasteiger partial charge in [0, 0.05) is 24.8 Å². The maximum atomic E-state index is 13.7. The summed E-state index contributed by atoms with van der Waals surface area (Å²) in [6.45, 7) is 1.03. The summed E-state index contributed by atoms with van der Waals surface area (Å²) in [5, 5.41) is 7.13. The summed E-state index contributed by atoms with van der Waals surface area (Å²) in [4.78, 5) is 43.3. The van der Waals surface area contributed by atoms with Crippen molar-refractivity contribution in [1.29, 1.82) is 0 Å². The molecular weight excluding hydrogens is 568 g/mol. The van der Waals surface area contributed by atoms with Gasteiger partial charge in [0.1, 0.15) is 23.9 Å². The first-order valence-electron chi connectivity index (χ1n) is 13.8. The molecule has 1 saturated heterocycles. The molecule has 1 aliphatic heterocycles. The Morgan fingerprint density at radius 3 is 2.51 bits per heavy atom. The number of hydrogen-bond acceptors (Lipinski definition) is 5. The highest BCUT2D eigenvalue weighted by Gasteiger charge is 2.56. The molecule has 228 valence electrons. The number of imide groups is 1. The Bertz CT molecular complexity index is 1540. The average molecular weight is 601 g/mol. The molecule has 2 aliphatic rings. The van der Waals surface area contributed by atoms with Crippen LogP contribution in [0.25, 0.3) is 11.1 Å². The zero-order valence-electron chi connectivity index (χ0n) is 24.0. The molecule has 1 aliphatic carbocycles. The number of likely N-dealkylation sites (N-methyl/N-ethyl adjacent to an activating group) is 1. The molecule has 2 atom stereocenters. The summed E-state index contributed by atoms with van der Waals surface area (Å²) in [5.74, 6) is -2.32. The molecule has 0 saturated carbocycles. The van der Waals surface area contributed by atoms with E-state index in [1.165, 1.54) is 12.1 Å². The molecule has 5 rings (SSSR count). The number of amides is 4. The van der Waals surface area contributed by atoms with E-state index in [1.807, 2.05) is 37.1 Å². The van der Waals surface area contributed by atoms with Crippen molar-refractivity contribution in [3.05, 3.63) is 77.4 Å². The minimum Gasteiger partial charge on any atom is -0.325 e. The Balaban J connectivity index is 1.35. The maximum Gasteiger partial charge on any atom is 0.408 e. The van der Waals surface area contributed by atoms with Gasteiger partial charge in [0.05, 0.1) is 12.7 Å². The third-order valence-electron chi connectivity index (χ3n) is 8.07. The van der Waals surface area contributed by atoms with Crippen molar-refractivity contribution in [3.63, 3.8) is 0 Å². The van der Waals surface area contributed by atoms with Crippen LogP contribution >= 0.6 is 0 Å². The van der Waals surface area contributed by atoms with E-state index in [2.05, 4.69) is 15.3 Å². The number of hydrogen-bond donors (Lipinski definition) is 1. The molecule has 0 bridgehead atoms. The quantitative estimate of drug-likeness (QED) is 0.297. The number of carbonyl (C=O) groups excluding carboxylic acids is 3. The van der Waals surface area contributed by atoms with Crippen LogP contribution in [0, 0.1) is 5.82 Å². The van der Waals surface area contributed by atoms with E-state index in [9.17, 15) is 31.9 Å². The van der Waals surface area contributed by atoms with E-state index in [0.29, 0.717) is 21.8 Å². The second kappa shape index (κ2) is 11.4. The second-order valence-electron chi connectivity index (χ2n) is 11.3. The Morgan fingerprint density at radius 1 is 1.12 bits per heavy atom. The molecule has 1 spiro atoms. The van der Waals surface area contributed by atoms with Crippen LogP contribution in [-0.2, 0) is 34.6 Å². The molecule has 2 heterocycles. The van der Waals surface area contributed by atoms with Crippen LogP contribution in [-0.4, -0.2) is 81.7 Å². The largest absolute Gasteiger partial charge is 0.408 e. The van der Waals surface area contributed by atoms with Crippen LogP contribution < -0.4 is 5.32 Å². The maximum absolute atomic E-state index is 13.7. The second-order valence-corrected chi connectivity index (χ2v) is 11.3. The highest BCUT2D eigenvalue weighted by atomic mass is 19.4. The van der Waals surface area contributed by atoms with Gasteiger partial charge in [0.2, 0.25) is 5.91 Å². The molecule has 43 heavy (non-hydrogen) atoms. The lowest BCUT2D eigenvalue weighted by molar-refractivity contribution is -0.187. The van der Waals surface area contributed by atoms with Gasteiger partial charge in [-0.3, -0.25) is 19.2 Å². The predicted octanol–water partition coefficient (Wildman–Crippen LogP) is 3.92. The minimum atomic E-state index is -4.76. The monoisotopic (exact) mass is 600 g/mol. The number of fused-ring (bicyclic) bond motifs is 2. The fraction of sp³-hybridized carbons (Fsp3) is 0.400. The molecule has 1 aromatic heterocycles. The molecule has 4 amide bonds. The van der Waals surface area contributed by atoms with Crippen molar-refractivity contribution in [3.8, 4) is 11.1 Å². The number of rotatable bonds is 9. The van der Waals surface area contributed by atoms with Crippen molar-refractivity contribution in [1.82, 2.24) is 29.8 Å². The molecule has 13 heteroatoms. The average Bonchev–Trinajstić information content (AvgIpc) is 3.64. The molecular formula is C30H32F4N6O3. The van der Waals surface area contributed by atoms with Gasteiger partial charge in [0.15, 0.2) is 0 Å². The number of urea groups is 1. The van der Waals surface area contributed by atoms with Crippen LogP contribution in [0.15, 0.2) is 54.9 Å². The van der Waals surface area contributed by atoms with E-state index in [1.54, 1.807) is 12.3 Å². The number of carbonyl (C=O) groups is 3. The number of aryl methyl sites for hydroxylation is 1. The first-order valence-corrected chi connectivity index (χ1v) is 13.8. The van der Waals surface area contributed by atoms with Crippen LogP contribution in [0.1, 0.15) is 30.0 Å². The number of halogens is 4. The topological polar surface area (TPSA) is 90.8 Å². The molecule has 9 nitrogen and oxygen atoms in total. The van der Waals surface area contributed by atoms with Crippen molar-refractivity contribution in [2.24, 2.45) is 0 Å². The summed E-state index contributed by atoms with van der Waals surface area (Å²) in [5.41, 5.74) is 2.10. The molecule has 3 aromatic rings. The fourth-order valence-electron chi connectivity index (χ4n) is 5.54. The van der Waals surface area contributed by atoms with E-state index in [0.717, 1.165) is 48.8 Å². The molecule has 2 aromatic carbocycles. The van der Waals surface area contributed by atoms with Crippen molar-refractivity contribution in [2.45, 2.75) is 50.6 Å². The van der Waals surface area contributed by atoms with Gasteiger partial charge in [-0.2, -0.15) is 18.3 Å². The predicted molar refractivity (Wildman–Crippen MR) is 149 cm³/mol. The minimum absolute atomic E-state index is 0.251. The Morgan fingerprint density at radius 2 is 1.84 bits per heavy atom. The molecule has 1 N–H and O–H groups in total. The number of nitrogens with zero attached hydrogens (tertiary/aromatic N) is 5. The lowest BCUT2D eigenvalue weighted by atomic mass is 9.90. The Labute approximate surface area is 246 Å². The van der Waals surface area contributed by atoms with Crippen molar-refractivity contribution < 1.29 is 31.9 Å². The normalized spacial score (nSPS) is 18.8. The Hall–Kier alpha value is -4.26. The summed E-state index contributed by atoms with van der Waals surface area (Å²) >= 11 is 0. The fourth-order valence-corrected chi connectivity index (χ4v) is 5.54. The van der Waals surface area contributed by atoms with Crippen LogP contribution in [0.2, 0.25) is 0 Å². The van der Waals surface area contributed by atoms with E-state index in [-0.39, 0.29) is 12.0 Å². The van der Waals surface area contributed by atoms with Gasteiger partial charge in [-0.25, -0.2) is 9.18 Å². The number of aromatic nitrogens is 2. The summed E-state index contributed by atoms with van der Waals surface area (Å²) < 4.78 is 56.3. The Kier molecular flexibility index (Phi) is 8.03. The molecule has 1 fully saturated rings. The number of alkyl halides is 3. The third-order valence-corrected chi connectivity index (χ3v) is 8.07. The lowest BCUT2D eigenvalue weighted by Crippen LogP contribution is -2.51. The van der Waals surface area contributed by atoms with Crippen LogP contribution in [0.5, 0.6) is 0 Å². The van der Waals surface area contributed by atoms with Crippen molar-refractivity contribution in [2.75, 3.05) is 27.2 Å². The van der Waals surface area contributed by atoms with Gasteiger partial charge >= 0.3 is 12.2 Å². The van der Waals surface area contributed by atoms with E-state index < -0.39 is 54.5 Å². The van der Waals surface area contributed by atoms with Gasteiger partial charge in [-0.05, 0) is 68.2 Å². The van der Waals surface area contributed by atoms with Crippen molar-refractivity contribution >= 4 is 17.8 Å². The first-order chi connectivity index (χ1) is 20.3. The van der Waals surface area contributed by atoms with E-state index in [4.69, 9.17) is 0 Å². The summed E-state index contributed by atoms with van der Waals surface area (Å²) in [6.07, 6.45) is -0.336. The summed E-state index contributed by atoms with van der Waals surface area (Å²) in [6, 6.07) is 7.21. The number of benzene rings is 2. The smallest absolute Gasteiger partial charge is 0.325 e. The third kappa shape index (κ3) is 5.99. The van der Waals surface area contributed by atoms with Crippen LogP contribution in [0.4, 0.5) is 22.4 Å². The highest BCUT2D eigenvalue weighted by molar-refractivity contribution is 6.10. The highest BCUT2D eigenvalue weighted by Crippen LogP contribution is 2.43. The van der Waals surface area contributed by atoms with Gasteiger partial charge in [-0.1, -0.05) is 30.3 Å². The van der Waals surface area contributed by atoms with Gasteiger partial charge < -0.3 is 15.1 Å². The first kappa shape index (κ1) is 30.2. The molecule has 0 radical (unpaired) electrons. The van der Waals surface area contributed by atoms with E-state index >= 15 is 0 Å². The standard InChI is InChI=1S/C30H32F4N6O3/c1-19(30(32,33)34)39(16-20-4-7-24(31)8-5-20)26(41)18-40-27(42)29(36-28(40)43)11-10-22-14-21(6-9-25(22)29)23-15-35-38(17-23)13-12-37(2)3/h4-9,14-15,17,19H,10-13,16,18H2,1-3H3,(H,36,43)/t19-,29-/m0/s1. The van der Waals surface area contributed by atoms with Gasteiger partial charge in [0.25, 0.3) is 5.91 Å². The molecule has 0 unspecified atom stereocenters. The van der Waals surface area contributed by atoms with Crippen LogP contribution in [0.3, 0.4) is 0 Å². The summed E-state index contributed by atoms with van der Waals surface area (Å²) in [7, 11) is 3.96. The zero-order valence-corrected chi connectivity index (χ0v) is 24.0. The SMILES string of the molecule is C[C@H](N(Cc1ccc(F)cc1)C(=O)CN1C(=O)N[C@]2(CCc3cc(-c4cnn(CCN(C)C)c4)ccc32)C1=O)C(F)(F)F. The zero-order chi connectivity index (χ0) is 31.1. The lowest BCUT2D eigenvalue weighted by Gasteiger charge is -2.32. The number of nitrogens with one attached hydrogen (secondary N) is 1.